The number of nitrogens with zero attached hydrogens (tertiary/aromatic N) is 2. The molecule has 0 saturated carbocycles. The molecule has 5 heterocycles. The third kappa shape index (κ3) is 5.28. The van der Waals surface area contributed by atoms with Crippen molar-refractivity contribution < 1.29 is 28.5 Å². The Morgan fingerprint density at radius 3 is 2.45 bits per heavy atom. The fourth-order valence-corrected chi connectivity index (χ4v) is 6.47. The Morgan fingerprint density at radius 1 is 1.10 bits per heavy atom. The Bertz CT molecular complexity index is 1470. The van der Waals surface area contributed by atoms with Gasteiger partial charge in [0, 0.05) is 23.6 Å². The summed E-state index contributed by atoms with van der Waals surface area (Å²) in [5, 5.41) is 10.3. The molecule has 2 aromatic heterocycles. The second kappa shape index (κ2) is 11.5. The quantitative estimate of drug-likeness (QED) is 0.405. The van der Waals surface area contributed by atoms with E-state index in [0.29, 0.717) is 22.5 Å². The summed E-state index contributed by atoms with van der Waals surface area (Å²) in [6.45, 7) is 6.81. The lowest BCUT2D eigenvalue weighted by Crippen LogP contribution is -2.54. The molecule has 3 unspecified atom stereocenters. The molecule has 5 atom stereocenters. The fourth-order valence-electron chi connectivity index (χ4n) is 6.47. The van der Waals surface area contributed by atoms with Crippen LogP contribution in [0, 0.1) is 11.7 Å². The molecule has 0 bridgehead atoms. The van der Waals surface area contributed by atoms with Crippen LogP contribution in [0.25, 0.3) is 27.9 Å². The van der Waals surface area contributed by atoms with Gasteiger partial charge in [0.15, 0.2) is 17.8 Å². The van der Waals surface area contributed by atoms with Crippen molar-refractivity contribution in [3.8, 4) is 17.1 Å². The molecule has 1 aliphatic carbocycles. The highest BCUT2D eigenvalue weighted by Crippen LogP contribution is 2.47. The number of carbonyl (C=O) groups excluding carboxylic acids is 1. The number of fused-ring (bicyclic) bond motifs is 2. The van der Waals surface area contributed by atoms with E-state index >= 15 is 4.39 Å². The standard InChI is InChI=1S/C28H29FN2O5.C5H11N/c1-27-23(33)14-34-28(27,2)24(15-35-27)36-25-12-22-21(30-25)11-20(29)26(31-22)19-9-7-18(8-10-19)17-5-3-16(13-32)4-6-17;1-6-4-2-3-5-6/h5,7-13,16,23-24,30,33H,3-4,6,14-15H2,1-2H3;2-5H2,1H3/t16?,23?,24?,27-,28-;/m1./s1. The number of likely N-dealkylation sites (tertiary alicyclic amines) is 1. The Morgan fingerprint density at radius 2 is 1.81 bits per heavy atom. The second-order valence-corrected chi connectivity index (χ2v) is 12.3. The first kappa shape index (κ1) is 29.0. The van der Waals surface area contributed by atoms with Gasteiger partial charge in [0.2, 0.25) is 0 Å². The number of aldehydes is 1. The highest BCUT2D eigenvalue weighted by molar-refractivity contribution is 5.81. The van der Waals surface area contributed by atoms with Crippen LogP contribution in [0.3, 0.4) is 0 Å². The molecule has 0 amide bonds. The molecule has 0 radical (unpaired) electrons. The maximum absolute atomic E-state index is 15.1. The van der Waals surface area contributed by atoms with Crippen LogP contribution in [-0.2, 0) is 14.3 Å². The van der Waals surface area contributed by atoms with Gasteiger partial charge in [-0.25, -0.2) is 9.37 Å². The Hall–Kier alpha value is -3.11. The third-order valence-corrected chi connectivity index (χ3v) is 9.61. The SMILES string of the molecule is CN1CCCC1.C[C@]12OCC(Oc3cc4nc(-c5ccc(C6=CCC(C=O)CC6)cc5)c(F)cc4[nH]3)[C@@]1(C)OCC2O. The van der Waals surface area contributed by atoms with Gasteiger partial charge in [-0.05, 0) is 77.2 Å². The zero-order valence-corrected chi connectivity index (χ0v) is 24.6. The van der Waals surface area contributed by atoms with Gasteiger partial charge in [-0.15, -0.1) is 0 Å². The zero-order valence-electron chi connectivity index (χ0n) is 24.6. The number of aromatic amines is 1. The summed E-state index contributed by atoms with van der Waals surface area (Å²) in [5.74, 6) is 0.116. The number of allylic oxidation sites excluding steroid dienone is 2. The molecule has 9 heteroatoms. The molecule has 3 aliphatic heterocycles. The van der Waals surface area contributed by atoms with Gasteiger partial charge in [-0.3, -0.25) is 0 Å². The van der Waals surface area contributed by atoms with Crippen LogP contribution in [0.15, 0.2) is 42.5 Å². The normalized spacial score (nSPS) is 31.0. The minimum absolute atomic E-state index is 0.110. The molecule has 3 saturated heterocycles. The summed E-state index contributed by atoms with van der Waals surface area (Å²) >= 11 is 0. The van der Waals surface area contributed by atoms with Crippen molar-refractivity contribution in [2.45, 2.75) is 69.4 Å². The highest BCUT2D eigenvalue weighted by Gasteiger charge is 2.66. The van der Waals surface area contributed by atoms with Crippen LogP contribution < -0.4 is 4.74 Å². The monoisotopic (exact) mass is 577 g/mol. The molecule has 0 spiro atoms. The number of nitrogens with one attached hydrogen (secondary N) is 1. The highest BCUT2D eigenvalue weighted by atomic mass is 19.1. The number of carbonyl (C=O) groups is 1. The van der Waals surface area contributed by atoms with Crippen molar-refractivity contribution in [1.82, 2.24) is 14.9 Å². The molecule has 42 heavy (non-hydrogen) atoms. The van der Waals surface area contributed by atoms with E-state index in [1.807, 2.05) is 38.1 Å². The number of H-pyrrole nitrogens is 1. The number of halogens is 1. The van der Waals surface area contributed by atoms with Crippen LogP contribution in [0.1, 0.15) is 51.5 Å². The largest absolute Gasteiger partial charge is 0.470 e. The van der Waals surface area contributed by atoms with Crippen molar-refractivity contribution in [2.24, 2.45) is 5.92 Å². The van der Waals surface area contributed by atoms with E-state index in [2.05, 4.69) is 28.0 Å². The number of aromatic nitrogens is 2. The van der Waals surface area contributed by atoms with Gasteiger partial charge in [0.05, 0.1) is 24.2 Å². The lowest BCUT2D eigenvalue weighted by atomic mass is 9.82. The van der Waals surface area contributed by atoms with Crippen LogP contribution in [0.2, 0.25) is 0 Å². The first-order valence-electron chi connectivity index (χ1n) is 15.0. The van der Waals surface area contributed by atoms with Crippen molar-refractivity contribution in [2.75, 3.05) is 33.4 Å². The van der Waals surface area contributed by atoms with Crippen LogP contribution in [0.5, 0.6) is 5.88 Å². The first-order valence-corrected chi connectivity index (χ1v) is 15.0. The van der Waals surface area contributed by atoms with Gasteiger partial charge in [0.25, 0.3) is 0 Å². The number of benzene rings is 1. The average Bonchev–Trinajstić information content (AvgIpc) is 3.75. The van der Waals surface area contributed by atoms with Crippen molar-refractivity contribution >= 4 is 22.9 Å². The number of ether oxygens (including phenoxy) is 3. The van der Waals surface area contributed by atoms with Gasteiger partial charge in [0.1, 0.15) is 29.3 Å². The Kier molecular flexibility index (Phi) is 7.95. The van der Waals surface area contributed by atoms with Crippen molar-refractivity contribution in [3.05, 3.63) is 53.9 Å². The molecule has 2 N–H and O–H groups in total. The number of aliphatic hydroxyl groups excluding tert-OH is 1. The predicted molar refractivity (Wildman–Crippen MR) is 159 cm³/mol. The summed E-state index contributed by atoms with van der Waals surface area (Å²) in [6, 6.07) is 10.9. The lowest BCUT2D eigenvalue weighted by Gasteiger charge is -2.35. The van der Waals surface area contributed by atoms with Crippen molar-refractivity contribution in [3.63, 3.8) is 0 Å². The van der Waals surface area contributed by atoms with Gasteiger partial charge in [-0.1, -0.05) is 30.3 Å². The van der Waals surface area contributed by atoms with E-state index in [1.165, 1.54) is 37.6 Å². The van der Waals surface area contributed by atoms with Crippen molar-refractivity contribution in [1.29, 1.82) is 0 Å². The number of aliphatic hydroxyl groups is 1. The van der Waals surface area contributed by atoms with E-state index < -0.39 is 29.2 Å². The summed E-state index contributed by atoms with van der Waals surface area (Å²) in [7, 11) is 2.17. The van der Waals surface area contributed by atoms with Crippen LogP contribution in [0.4, 0.5) is 4.39 Å². The minimum atomic E-state index is -0.850. The molecule has 4 aliphatic rings. The maximum atomic E-state index is 15.1. The average molecular weight is 578 g/mol. The summed E-state index contributed by atoms with van der Waals surface area (Å²) in [5.41, 5.74) is 2.71. The van der Waals surface area contributed by atoms with Crippen LogP contribution >= 0.6 is 0 Å². The smallest absolute Gasteiger partial charge is 0.193 e. The number of hydrogen-bond donors (Lipinski definition) is 2. The van der Waals surface area contributed by atoms with Crippen LogP contribution in [-0.4, -0.2) is 83.0 Å². The summed E-state index contributed by atoms with van der Waals surface area (Å²) < 4.78 is 33.0. The molecule has 1 aromatic carbocycles. The Balaban J connectivity index is 0.000000470. The lowest BCUT2D eigenvalue weighted by molar-refractivity contribution is -0.111. The maximum Gasteiger partial charge on any atom is 0.193 e. The molecule has 3 aromatic rings. The Labute approximate surface area is 245 Å². The molecule has 8 nitrogen and oxygen atoms in total. The third-order valence-electron chi connectivity index (χ3n) is 9.61. The minimum Gasteiger partial charge on any atom is -0.470 e. The number of rotatable bonds is 5. The summed E-state index contributed by atoms with van der Waals surface area (Å²) in [6.07, 6.45) is 7.30. The molecular weight excluding hydrogens is 537 g/mol. The fraction of sp³-hybridized carbons (Fsp3) is 0.515. The second-order valence-electron chi connectivity index (χ2n) is 12.3. The van der Waals surface area contributed by atoms with E-state index in [1.54, 1.807) is 6.07 Å². The zero-order chi connectivity index (χ0) is 29.5. The number of pyridine rings is 1. The first-order chi connectivity index (χ1) is 20.2. The van der Waals surface area contributed by atoms with E-state index in [-0.39, 0.29) is 24.8 Å². The van der Waals surface area contributed by atoms with E-state index in [9.17, 15) is 9.90 Å². The summed E-state index contributed by atoms with van der Waals surface area (Å²) in [4.78, 5) is 21.0. The molecule has 7 rings (SSSR count). The topological polar surface area (TPSA) is 96.9 Å². The number of hydrogen-bond acceptors (Lipinski definition) is 7. The molecular formula is C33H40FN3O5. The van der Waals surface area contributed by atoms with Gasteiger partial charge in [-0.2, -0.15) is 0 Å². The van der Waals surface area contributed by atoms with E-state index in [0.717, 1.165) is 31.1 Å². The van der Waals surface area contributed by atoms with Gasteiger partial charge < -0.3 is 34.0 Å². The molecule has 3 fully saturated rings. The van der Waals surface area contributed by atoms with Gasteiger partial charge >= 0.3 is 0 Å². The predicted octanol–water partition coefficient (Wildman–Crippen LogP) is 5.15. The van der Waals surface area contributed by atoms with E-state index in [4.69, 9.17) is 14.2 Å². The molecule has 224 valence electrons.